The second-order valence-corrected chi connectivity index (χ2v) is 8.60. The van der Waals surface area contributed by atoms with E-state index in [1.807, 2.05) is 48.7 Å². The number of halogens is 1. The molecular weight excluding hydrogens is 436 g/mol. The Hall–Kier alpha value is -3.64. The number of benzene rings is 2. The lowest BCUT2D eigenvalue weighted by atomic mass is 10.1. The standard InChI is InChI=1S/C26H23ClN4O2/c27-23-7-2-1-5-19(23)16-30-17-20(10-13-24(30)32)26(33)29-21-11-8-18(9-12-21)25-28-15-22-6-3-4-14-31(22)25/h1-2,5,7-13,15,17H,3-4,6,14,16H2,(H,29,33). The van der Waals surface area contributed by atoms with Gasteiger partial charge in [-0.2, -0.15) is 0 Å². The number of hydrogen-bond donors (Lipinski definition) is 1. The van der Waals surface area contributed by atoms with Gasteiger partial charge in [-0.3, -0.25) is 9.59 Å². The van der Waals surface area contributed by atoms with Gasteiger partial charge >= 0.3 is 0 Å². The van der Waals surface area contributed by atoms with Crippen molar-refractivity contribution in [2.45, 2.75) is 32.4 Å². The van der Waals surface area contributed by atoms with Crippen molar-refractivity contribution < 1.29 is 4.79 Å². The minimum Gasteiger partial charge on any atom is -0.328 e. The molecule has 1 N–H and O–H groups in total. The van der Waals surface area contributed by atoms with Crippen LogP contribution in [-0.4, -0.2) is 20.0 Å². The van der Waals surface area contributed by atoms with E-state index in [1.165, 1.54) is 35.2 Å². The van der Waals surface area contributed by atoms with Gasteiger partial charge in [-0.15, -0.1) is 0 Å². The fourth-order valence-corrected chi connectivity index (χ4v) is 4.37. The second-order valence-electron chi connectivity index (χ2n) is 8.19. The first-order chi connectivity index (χ1) is 16.1. The molecule has 0 aliphatic carbocycles. The molecule has 5 rings (SSSR count). The van der Waals surface area contributed by atoms with Crippen LogP contribution >= 0.6 is 11.6 Å². The molecule has 1 amide bonds. The molecule has 3 heterocycles. The number of fused-ring (bicyclic) bond motifs is 1. The molecule has 1 aliphatic rings. The predicted octanol–water partition coefficient (Wildman–Crippen LogP) is 5.00. The minimum absolute atomic E-state index is 0.196. The first kappa shape index (κ1) is 21.2. The summed E-state index contributed by atoms with van der Waals surface area (Å²) in [6.07, 6.45) is 6.97. The summed E-state index contributed by atoms with van der Waals surface area (Å²) >= 11 is 6.22. The van der Waals surface area contributed by atoms with Crippen molar-refractivity contribution in [1.29, 1.82) is 0 Å². The fourth-order valence-electron chi connectivity index (χ4n) is 4.17. The van der Waals surface area contributed by atoms with E-state index >= 15 is 0 Å². The fraction of sp³-hybridized carbons (Fsp3) is 0.192. The lowest BCUT2D eigenvalue weighted by Crippen LogP contribution is -2.22. The number of amides is 1. The molecule has 2 aromatic heterocycles. The van der Waals surface area contributed by atoms with Crippen LogP contribution in [0.25, 0.3) is 11.4 Å². The maximum absolute atomic E-state index is 12.8. The third kappa shape index (κ3) is 4.47. The molecule has 0 spiro atoms. The van der Waals surface area contributed by atoms with Crippen LogP contribution in [0.5, 0.6) is 0 Å². The van der Waals surface area contributed by atoms with E-state index in [0.29, 0.717) is 22.8 Å². The van der Waals surface area contributed by atoms with E-state index in [2.05, 4.69) is 14.9 Å². The number of hydrogen-bond acceptors (Lipinski definition) is 3. The zero-order valence-electron chi connectivity index (χ0n) is 18.0. The molecule has 7 heteroatoms. The molecule has 166 valence electrons. The summed E-state index contributed by atoms with van der Waals surface area (Å²) in [7, 11) is 0. The van der Waals surface area contributed by atoms with Crippen LogP contribution in [0.3, 0.4) is 0 Å². The highest BCUT2D eigenvalue weighted by molar-refractivity contribution is 6.31. The first-order valence-electron chi connectivity index (χ1n) is 11.0. The summed E-state index contributed by atoms with van der Waals surface area (Å²) in [5.74, 6) is 0.683. The maximum Gasteiger partial charge on any atom is 0.257 e. The van der Waals surface area contributed by atoms with E-state index in [9.17, 15) is 9.59 Å². The van der Waals surface area contributed by atoms with Gasteiger partial charge in [-0.25, -0.2) is 4.98 Å². The molecule has 6 nitrogen and oxygen atoms in total. The summed E-state index contributed by atoms with van der Waals surface area (Å²) in [5, 5.41) is 3.49. The van der Waals surface area contributed by atoms with E-state index < -0.39 is 0 Å². The number of nitrogens with one attached hydrogen (secondary N) is 1. The number of anilines is 1. The van der Waals surface area contributed by atoms with Crippen LogP contribution in [-0.2, 0) is 19.5 Å². The van der Waals surface area contributed by atoms with Crippen LogP contribution in [0.4, 0.5) is 5.69 Å². The Morgan fingerprint density at radius 2 is 1.85 bits per heavy atom. The van der Waals surface area contributed by atoms with Gasteiger partial charge in [0.25, 0.3) is 11.5 Å². The predicted molar refractivity (Wildman–Crippen MR) is 130 cm³/mol. The average Bonchev–Trinajstić information content (AvgIpc) is 3.26. The van der Waals surface area contributed by atoms with Crippen molar-refractivity contribution >= 4 is 23.2 Å². The van der Waals surface area contributed by atoms with Crippen LogP contribution in [0.1, 0.15) is 34.5 Å². The summed E-state index contributed by atoms with van der Waals surface area (Å²) in [6.45, 7) is 1.29. The Kier molecular flexibility index (Phi) is 5.84. The van der Waals surface area contributed by atoms with Gasteiger partial charge in [0.15, 0.2) is 0 Å². The number of pyridine rings is 1. The topological polar surface area (TPSA) is 68.9 Å². The number of aromatic nitrogens is 3. The molecule has 0 saturated heterocycles. The number of aryl methyl sites for hydroxylation is 1. The minimum atomic E-state index is -0.283. The van der Waals surface area contributed by atoms with Crippen molar-refractivity contribution in [3.63, 3.8) is 0 Å². The third-order valence-electron chi connectivity index (χ3n) is 5.95. The van der Waals surface area contributed by atoms with E-state index in [-0.39, 0.29) is 11.5 Å². The van der Waals surface area contributed by atoms with Crippen molar-refractivity contribution in [1.82, 2.24) is 14.1 Å². The first-order valence-corrected chi connectivity index (χ1v) is 11.4. The molecule has 1 aliphatic heterocycles. The molecule has 0 unspecified atom stereocenters. The molecule has 0 fully saturated rings. The van der Waals surface area contributed by atoms with Crippen molar-refractivity contribution in [2.75, 3.05) is 5.32 Å². The molecular formula is C26H23ClN4O2. The van der Waals surface area contributed by atoms with Gasteiger partial charge in [0.2, 0.25) is 0 Å². The van der Waals surface area contributed by atoms with Crippen molar-refractivity contribution in [3.05, 3.63) is 105 Å². The normalized spacial score (nSPS) is 12.9. The summed E-state index contributed by atoms with van der Waals surface area (Å²) in [6, 6.07) is 18.0. The largest absolute Gasteiger partial charge is 0.328 e. The quantitative estimate of drug-likeness (QED) is 0.457. The molecule has 4 aromatic rings. The van der Waals surface area contributed by atoms with E-state index in [4.69, 9.17) is 11.6 Å². The van der Waals surface area contributed by atoms with E-state index in [0.717, 1.165) is 29.9 Å². The van der Waals surface area contributed by atoms with Gasteiger partial charge in [-0.1, -0.05) is 29.8 Å². The zero-order chi connectivity index (χ0) is 22.8. The Balaban J connectivity index is 1.32. The van der Waals surface area contributed by atoms with Crippen LogP contribution < -0.4 is 10.9 Å². The van der Waals surface area contributed by atoms with Crippen LogP contribution in [0, 0.1) is 0 Å². The number of nitrogens with zero attached hydrogens (tertiary/aromatic N) is 3. The molecule has 0 bridgehead atoms. The smallest absolute Gasteiger partial charge is 0.257 e. The molecule has 2 aromatic carbocycles. The summed E-state index contributed by atoms with van der Waals surface area (Å²) in [4.78, 5) is 29.7. The Bertz CT molecular complexity index is 1370. The molecule has 0 atom stereocenters. The van der Waals surface area contributed by atoms with Gasteiger partial charge in [0.05, 0.1) is 12.1 Å². The SMILES string of the molecule is O=C(Nc1ccc(-c2ncc3n2CCCC3)cc1)c1ccc(=O)n(Cc2ccccc2Cl)c1. The Morgan fingerprint density at radius 3 is 2.67 bits per heavy atom. The van der Waals surface area contributed by atoms with Crippen LogP contribution in [0.2, 0.25) is 5.02 Å². The van der Waals surface area contributed by atoms with Crippen LogP contribution in [0.15, 0.2) is 77.9 Å². The molecule has 33 heavy (non-hydrogen) atoms. The van der Waals surface area contributed by atoms with E-state index in [1.54, 1.807) is 12.3 Å². The molecule has 0 saturated carbocycles. The van der Waals surface area contributed by atoms with Gasteiger partial charge < -0.3 is 14.5 Å². The van der Waals surface area contributed by atoms with Gasteiger partial charge in [0, 0.05) is 47.0 Å². The highest BCUT2D eigenvalue weighted by atomic mass is 35.5. The van der Waals surface area contributed by atoms with Crippen molar-refractivity contribution in [2.24, 2.45) is 0 Å². The second kappa shape index (κ2) is 9.08. The average molecular weight is 459 g/mol. The monoisotopic (exact) mass is 458 g/mol. The van der Waals surface area contributed by atoms with Gasteiger partial charge in [0.1, 0.15) is 5.82 Å². The van der Waals surface area contributed by atoms with Gasteiger partial charge in [-0.05, 0) is 61.2 Å². The number of rotatable bonds is 5. The summed E-state index contributed by atoms with van der Waals surface area (Å²) in [5.41, 5.74) is 4.00. The third-order valence-corrected chi connectivity index (χ3v) is 6.32. The number of carbonyl (C=O) groups excluding carboxylic acids is 1. The maximum atomic E-state index is 12.8. The lowest BCUT2D eigenvalue weighted by molar-refractivity contribution is 0.102. The highest BCUT2D eigenvalue weighted by Crippen LogP contribution is 2.25. The number of imidazole rings is 1. The number of carbonyl (C=O) groups is 1. The lowest BCUT2D eigenvalue weighted by Gasteiger charge is -2.16. The molecule has 0 radical (unpaired) electrons. The van der Waals surface area contributed by atoms with Crippen molar-refractivity contribution in [3.8, 4) is 11.4 Å². The highest BCUT2D eigenvalue weighted by Gasteiger charge is 2.15. The summed E-state index contributed by atoms with van der Waals surface area (Å²) < 4.78 is 3.76. The Labute approximate surface area is 196 Å². The zero-order valence-corrected chi connectivity index (χ0v) is 18.8. The Morgan fingerprint density at radius 1 is 1.03 bits per heavy atom.